The minimum Gasteiger partial charge on any atom is -0.497 e. The van der Waals surface area contributed by atoms with Gasteiger partial charge < -0.3 is 4.74 Å². The molecule has 0 aliphatic rings. The monoisotopic (exact) mass is 394 g/mol. The normalized spacial score (nSPS) is 11.6. The predicted octanol–water partition coefficient (Wildman–Crippen LogP) is 1.30. The van der Waals surface area contributed by atoms with Crippen molar-refractivity contribution < 1.29 is 13.2 Å². The lowest BCUT2D eigenvalue weighted by Crippen LogP contribution is -2.31. The molecule has 0 aliphatic carbocycles. The Balaban J connectivity index is 1.72. The molecule has 0 fully saturated rings. The molecule has 8 nitrogen and oxygen atoms in total. The summed E-state index contributed by atoms with van der Waals surface area (Å²) in [6, 6.07) is 9.94. The summed E-state index contributed by atoms with van der Waals surface area (Å²) >= 11 is 1.48. The zero-order chi connectivity index (χ0) is 18.7. The molecule has 138 valence electrons. The Kier molecular flexibility index (Phi) is 5.25. The van der Waals surface area contributed by atoms with Crippen LogP contribution in [0.5, 0.6) is 5.75 Å². The first-order valence-corrected chi connectivity index (χ1v) is 10.1. The van der Waals surface area contributed by atoms with E-state index in [0.717, 1.165) is 4.88 Å². The highest BCUT2D eigenvalue weighted by atomic mass is 32.2. The number of nitrogens with zero attached hydrogens (tertiary/aromatic N) is 3. The number of aromatic nitrogens is 3. The highest BCUT2D eigenvalue weighted by molar-refractivity contribution is 7.89. The summed E-state index contributed by atoms with van der Waals surface area (Å²) in [4.78, 5) is 13.2. The Bertz CT molecular complexity index is 1050. The van der Waals surface area contributed by atoms with Crippen LogP contribution in [0.4, 0.5) is 0 Å². The first-order chi connectivity index (χ1) is 12.4. The van der Waals surface area contributed by atoms with Gasteiger partial charge in [-0.2, -0.15) is 0 Å². The van der Waals surface area contributed by atoms with Gasteiger partial charge in [-0.15, -0.1) is 16.4 Å². The van der Waals surface area contributed by atoms with Crippen LogP contribution in [-0.4, -0.2) is 36.4 Å². The average molecular weight is 394 g/mol. The average Bonchev–Trinajstić information content (AvgIpc) is 3.26. The molecular formula is C16H18N4O4S2. The molecule has 0 unspecified atom stereocenters. The van der Waals surface area contributed by atoms with E-state index in [1.54, 1.807) is 19.2 Å². The highest BCUT2D eigenvalue weighted by Crippen LogP contribution is 2.20. The molecule has 0 saturated heterocycles. The van der Waals surface area contributed by atoms with Gasteiger partial charge in [0.1, 0.15) is 5.75 Å². The summed E-state index contributed by atoms with van der Waals surface area (Å²) in [6.45, 7) is 0.168. The molecule has 0 bridgehead atoms. The molecule has 0 spiro atoms. The molecule has 0 atom stereocenters. The molecular weight excluding hydrogens is 376 g/mol. The van der Waals surface area contributed by atoms with Crippen LogP contribution in [-0.2, 0) is 23.6 Å². The van der Waals surface area contributed by atoms with Crippen molar-refractivity contribution in [3.8, 4) is 16.5 Å². The molecule has 0 radical (unpaired) electrons. The summed E-state index contributed by atoms with van der Waals surface area (Å²) < 4.78 is 34.9. The van der Waals surface area contributed by atoms with E-state index in [4.69, 9.17) is 4.74 Å². The van der Waals surface area contributed by atoms with Crippen molar-refractivity contribution in [2.45, 2.75) is 11.4 Å². The molecule has 0 aliphatic heterocycles. The minimum atomic E-state index is -3.70. The second-order valence-corrected chi connectivity index (χ2v) is 8.16. The Morgan fingerprint density at radius 2 is 2.08 bits per heavy atom. The van der Waals surface area contributed by atoms with E-state index in [1.165, 1.54) is 39.8 Å². The van der Waals surface area contributed by atoms with E-state index in [0.29, 0.717) is 11.6 Å². The number of rotatable bonds is 7. The maximum Gasteiger partial charge on any atom is 0.345 e. The first kappa shape index (κ1) is 18.4. The third-order valence-corrected chi connectivity index (χ3v) is 6.07. The van der Waals surface area contributed by atoms with Crippen LogP contribution in [0.1, 0.15) is 0 Å². The van der Waals surface area contributed by atoms with E-state index in [-0.39, 0.29) is 23.7 Å². The summed E-state index contributed by atoms with van der Waals surface area (Å²) in [7, 11) is -0.590. The van der Waals surface area contributed by atoms with Gasteiger partial charge in [0.05, 0.1) is 23.4 Å². The van der Waals surface area contributed by atoms with Crippen molar-refractivity contribution in [3.05, 3.63) is 52.3 Å². The summed E-state index contributed by atoms with van der Waals surface area (Å²) in [5.41, 5.74) is -0.297. The molecule has 2 heterocycles. The molecule has 0 amide bonds. The maximum absolute atomic E-state index is 12.4. The molecule has 2 aromatic heterocycles. The van der Waals surface area contributed by atoms with Crippen LogP contribution < -0.4 is 15.1 Å². The van der Waals surface area contributed by atoms with Crippen LogP contribution in [0, 0.1) is 0 Å². The van der Waals surface area contributed by atoms with Gasteiger partial charge in [0.2, 0.25) is 10.0 Å². The lowest BCUT2D eigenvalue weighted by atomic mass is 10.3. The van der Waals surface area contributed by atoms with Gasteiger partial charge in [0.25, 0.3) is 0 Å². The third kappa shape index (κ3) is 3.71. The van der Waals surface area contributed by atoms with E-state index in [1.807, 2.05) is 17.5 Å². The Morgan fingerprint density at radius 3 is 2.77 bits per heavy atom. The van der Waals surface area contributed by atoms with Crippen LogP contribution in [0.15, 0.2) is 51.5 Å². The molecule has 1 aromatic carbocycles. The van der Waals surface area contributed by atoms with E-state index < -0.39 is 10.0 Å². The fraction of sp³-hybridized carbons (Fsp3) is 0.250. The van der Waals surface area contributed by atoms with Gasteiger partial charge in [-0.3, -0.25) is 4.57 Å². The summed E-state index contributed by atoms with van der Waals surface area (Å²) in [6.07, 6.45) is 0. The second-order valence-electron chi connectivity index (χ2n) is 5.44. The number of hydrogen-bond acceptors (Lipinski definition) is 6. The van der Waals surface area contributed by atoms with E-state index in [9.17, 15) is 13.2 Å². The molecule has 3 rings (SSSR count). The number of nitrogens with one attached hydrogen (secondary N) is 1. The number of methoxy groups -OCH3 is 1. The summed E-state index contributed by atoms with van der Waals surface area (Å²) in [5.74, 6) is 1.01. The van der Waals surface area contributed by atoms with Gasteiger partial charge in [0.15, 0.2) is 5.82 Å². The number of sulfonamides is 1. The van der Waals surface area contributed by atoms with Crippen molar-refractivity contribution in [1.29, 1.82) is 0 Å². The Morgan fingerprint density at radius 1 is 1.27 bits per heavy atom. The van der Waals surface area contributed by atoms with Gasteiger partial charge >= 0.3 is 5.69 Å². The topological polar surface area (TPSA) is 95.2 Å². The second kappa shape index (κ2) is 7.44. The number of thiophene rings is 1. The van der Waals surface area contributed by atoms with Gasteiger partial charge in [0, 0.05) is 19.7 Å². The number of ether oxygens (including phenoxy) is 1. The predicted molar refractivity (Wildman–Crippen MR) is 99.0 cm³/mol. The van der Waals surface area contributed by atoms with Gasteiger partial charge in [-0.05, 0) is 23.6 Å². The van der Waals surface area contributed by atoms with Crippen molar-refractivity contribution >= 4 is 21.4 Å². The number of benzene rings is 1. The minimum absolute atomic E-state index is 0.0420. The lowest BCUT2D eigenvalue weighted by Gasteiger charge is -2.07. The smallest absolute Gasteiger partial charge is 0.345 e. The first-order valence-electron chi connectivity index (χ1n) is 7.74. The molecule has 0 saturated carbocycles. The fourth-order valence-corrected chi connectivity index (χ4v) is 4.19. The SMILES string of the molecule is COc1cccc(S(=O)(=O)NCCn2nc(-c3cccs3)n(C)c2=O)c1. The van der Waals surface area contributed by atoms with Crippen LogP contribution in [0.3, 0.4) is 0 Å². The van der Waals surface area contributed by atoms with Crippen LogP contribution in [0.2, 0.25) is 0 Å². The zero-order valence-corrected chi connectivity index (χ0v) is 15.9. The van der Waals surface area contributed by atoms with E-state index in [2.05, 4.69) is 9.82 Å². The van der Waals surface area contributed by atoms with Crippen LogP contribution in [0.25, 0.3) is 10.7 Å². The van der Waals surface area contributed by atoms with Crippen molar-refractivity contribution in [1.82, 2.24) is 19.1 Å². The molecule has 3 aromatic rings. The fourth-order valence-electron chi connectivity index (χ4n) is 2.39. The van der Waals surface area contributed by atoms with E-state index >= 15 is 0 Å². The zero-order valence-electron chi connectivity index (χ0n) is 14.2. The molecule has 1 N–H and O–H groups in total. The molecule has 26 heavy (non-hydrogen) atoms. The van der Waals surface area contributed by atoms with Crippen LogP contribution >= 0.6 is 11.3 Å². The quantitative estimate of drug-likeness (QED) is 0.652. The largest absolute Gasteiger partial charge is 0.497 e. The lowest BCUT2D eigenvalue weighted by molar-refractivity contribution is 0.413. The Labute approximate surface area is 154 Å². The van der Waals surface area contributed by atoms with Gasteiger partial charge in [-0.25, -0.2) is 22.6 Å². The number of hydrogen-bond donors (Lipinski definition) is 1. The maximum atomic E-state index is 12.4. The van der Waals surface area contributed by atoms with Crippen molar-refractivity contribution in [2.75, 3.05) is 13.7 Å². The van der Waals surface area contributed by atoms with Crippen molar-refractivity contribution in [3.63, 3.8) is 0 Å². The Hall–Kier alpha value is -2.43. The van der Waals surface area contributed by atoms with Crippen molar-refractivity contribution in [2.24, 2.45) is 7.05 Å². The standard InChI is InChI=1S/C16H18N4O4S2/c1-19-15(14-7-4-10-25-14)18-20(16(19)21)9-8-17-26(22,23)13-6-3-5-12(11-13)24-2/h3-7,10-11,17H,8-9H2,1-2H3. The highest BCUT2D eigenvalue weighted by Gasteiger charge is 2.16. The molecule has 10 heteroatoms. The third-order valence-electron chi connectivity index (χ3n) is 3.75. The van der Waals surface area contributed by atoms with Gasteiger partial charge in [-0.1, -0.05) is 12.1 Å². The summed E-state index contributed by atoms with van der Waals surface area (Å²) in [5, 5.41) is 6.20.